The van der Waals surface area contributed by atoms with Crippen LogP contribution < -0.4 is 10.6 Å². The van der Waals surface area contributed by atoms with E-state index in [2.05, 4.69) is 25.9 Å². The van der Waals surface area contributed by atoms with Gasteiger partial charge in [-0.05, 0) is 43.2 Å². The van der Waals surface area contributed by atoms with Gasteiger partial charge in [0.1, 0.15) is 23.1 Å². The zero-order valence-corrected chi connectivity index (χ0v) is 17.9. The van der Waals surface area contributed by atoms with E-state index in [4.69, 9.17) is 5.73 Å². The second kappa shape index (κ2) is 7.39. The average molecular weight is 427 g/mol. The number of imidazole rings is 1. The second-order valence-electron chi connectivity index (χ2n) is 8.55. The van der Waals surface area contributed by atoms with Gasteiger partial charge in [0.25, 0.3) is 0 Å². The molecular weight excluding hydrogens is 405 g/mol. The van der Waals surface area contributed by atoms with E-state index in [0.717, 1.165) is 35.3 Å². The average Bonchev–Trinajstić information content (AvgIpc) is 3.33. The summed E-state index contributed by atoms with van der Waals surface area (Å²) in [6, 6.07) is 10.6. The number of hydrogen-bond acceptors (Lipinski definition) is 6. The van der Waals surface area contributed by atoms with E-state index in [9.17, 15) is 9.65 Å². The van der Waals surface area contributed by atoms with Crippen molar-refractivity contribution in [1.82, 2.24) is 19.5 Å². The maximum Gasteiger partial charge on any atom is 0.151 e. The minimum absolute atomic E-state index is 0.321. The highest BCUT2D eigenvalue weighted by atomic mass is 19.1. The Morgan fingerprint density at radius 2 is 2.03 bits per heavy atom. The molecule has 1 aliphatic rings. The molecule has 4 aromatic rings. The predicted molar refractivity (Wildman–Crippen MR) is 121 cm³/mol. The van der Waals surface area contributed by atoms with Gasteiger partial charge in [0.05, 0.1) is 16.8 Å². The summed E-state index contributed by atoms with van der Waals surface area (Å²) >= 11 is 0. The number of anilines is 1. The highest BCUT2D eigenvalue weighted by molar-refractivity contribution is 5.91. The van der Waals surface area contributed by atoms with Gasteiger partial charge in [-0.25, -0.2) is 14.4 Å². The fraction of sp³-hybridized carbons (Fsp3) is 0.250. The summed E-state index contributed by atoms with van der Waals surface area (Å²) in [5.74, 6) is 0.258. The van der Waals surface area contributed by atoms with E-state index >= 15 is 0 Å². The van der Waals surface area contributed by atoms with Crippen molar-refractivity contribution in [3.05, 3.63) is 60.4 Å². The summed E-state index contributed by atoms with van der Waals surface area (Å²) in [6.45, 7) is 3.47. The molecule has 1 fully saturated rings. The maximum atomic E-state index is 14.5. The number of pyridine rings is 2. The number of hydrogen-bond donors (Lipinski definition) is 1. The molecule has 32 heavy (non-hydrogen) atoms. The molecule has 0 aliphatic carbocycles. The van der Waals surface area contributed by atoms with Crippen molar-refractivity contribution in [3.63, 3.8) is 0 Å². The number of aromatic nitrogens is 4. The van der Waals surface area contributed by atoms with Crippen LogP contribution >= 0.6 is 0 Å². The van der Waals surface area contributed by atoms with Crippen LogP contribution in [0.2, 0.25) is 0 Å². The lowest BCUT2D eigenvalue weighted by Gasteiger charge is -2.26. The van der Waals surface area contributed by atoms with Crippen molar-refractivity contribution >= 4 is 16.7 Å². The number of nitrogens with two attached hydrogens (primary N) is 1. The standard InChI is InChI=1S/C24H22FN7/c1-24(27)7-9-32(14-24)22-17(15-6-8-29-16(10-15)11-26)12-28-13-18(22)23-30-21-19(25)4-3-5-20(21)31(23)2/h3-6,8,10,12-13H,7,9,14,27H2,1-2H3/t24-/m0/s1. The second-order valence-corrected chi connectivity index (χ2v) is 8.55. The van der Waals surface area contributed by atoms with Gasteiger partial charge in [0.15, 0.2) is 5.82 Å². The Hall–Kier alpha value is -3.83. The van der Waals surface area contributed by atoms with Gasteiger partial charge in [-0.2, -0.15) is 5.26 Å². The molecule has 1 atom stereocenters. The number of para-hydroxylation sites is 1. The van der Waals surface area contributed by atoms with Crippen molar-refractivity contribution in [3.8, 4) is 28.6 Å². The normalized spacial score (nSPS) is 18.3. The molecule has 0 radical (unpaired) electrons. The van der Waals surface area contributed by atoms with E-state index in [1.165, 1.54) is 6.07 Å². The van der Waals surface area contributed by atoms with Crippen LogP contribution in [0.1, 0.15) is 19.0 Å². The minimum Gasteiger partial charge on any atom is -0.368 e. The number of aryl methyl sites for hydroxylation is 1. The highest BCUT2D eigenvalue weighted by Gasteiger charge is 2.33. The van der Waals surface area contributed by atoms with Crippen LogP contribution in [0.25, 0.3) is 33.5 Å². The Bertz CT molecular complexity index is 1380. The fourth-order valence-electron chi connectivity index (χ4n) is 4.43. The van der Waals surface area contributed by atoms with Crippen molar-refractivity contribution in [2.75, 3.05) is 18.0 Å². The molecule has 2 N–H and O–H groups in total. The number of fused-ring (bicyclic) bond motifs is 1. The molecule has 1 aliphatic heterocycles. The first-order valence-corrected chi connectivity index (χ1v) is 10.4. The molecule has 0 saturated carbocycles. The topological polar surface area (TPSA) is 96.7 Å². The molecule has 0 unspecified atom stereocenters. The Labute approximate surface area is 185 Å². The van der Waals surface area contributed by atoms with Gasteiger partial charge in [-0.1, -0.05) is 6.07 Å². The Morgan fingerprint density at radius 1 is 1.22 bits per heavy atom. The molecule has 1 aromatic carbocycles. The first-order valence-electron chi connectivity index (χ1n) is 10.4. The monoisotopic (exact) mass is 427 g/mol. The van der Waals surface area contributed by atoms with Gasteiger partial charge in [0, 0.05) is 49.8 Å². The Balaban J connectivity index is 1.78. The molecular formula is C24H22FN7. The van der Waals surface area contributed by atoms with E-state index < -0.39 is 0 Å². The highest BCUT2D eigenvalue weighted by Crippen LogP contribution is 2.41. The van der Waals surface area contributed by atoms with Gasteiger partial charge in [-0.3, -0.25) is 4.98 Å². The summed E-state index contributed by atoms with van der Waals surface area (Å²) in [4.78, 5) is 15.5. The van der Waals surface area contributed by atoms with E-state index in [0.29, 0.717) is 29.1 Å². The number of benzene rings is 1. The van der Waals surface area contributed by atoms with Crippen LogP contribution in [0.4, 0.5) is 10.1 Å². The zero-order valence-electron chi connectivity index (χ0n) is 17.9. The van der Waals surface area contributed by atoms with E-state index in [1.807, 2.05) is 30.7 Å². The first kappa shape index (κ1) is 20.1. The van der Waals surface area contributed by atoms with E-state index in [1.54, 1.807) is 30.7 Å². The predicted octanol–water partition coefficient (Wildman–Crippen LogP) is 3.64. The lowest BCUT2D eigenvalue weighted by atomic mass is 10.0. The zero-order chi connectivity index (χ0) is 22.5. The van der Waals surface area contributed by atoms with Crippen LogP contribution in [0, 0.1) is 17.1 Å². The molecule has 4 heterocycles. The Morgan fingerprint density at radius 3 is 2.75 bits per heavy atom. The van der Waals surface area contributed by atoms with Crippen molar-refractivity contribution < 1.29 is 4.39 Å². The van der Waals surface area contributed by atoms with Gasteiger partial charge >= 0.3 is 0 Å². The molecule has 0 spiro atoms. The first-order chi connectivity index (χ1) is 15.4. The minimum atomic E-state index is -0.362. The van der Waals surface area contributed by atoms with Crippen molar-refractivity contribution in [2.24, 2.45) is 12.8 Å². The molecule has 3 aromatic heterocycles. The van der Waals surface area contributed by atoms with Crippen molar-refractivity contribution in [1.29, 1.82) is 5.26 Å². The van der Waals surface area contributed by atoms with Gasteiger partial charge in [-0.15, -0.1) is 0 Å². The third-order valence-electron chi connectivity index (χ3n) is 6.03. The van der Waals surface area contributed by atoms with E-state index in [-0.39, 0.29) is 11.4 Å². The van der Waals surface area contributed by atoms with Crippen LogP contribution in [-0.2, 0) is 7.05 Å². The van der Waals surface area contributed by atoms with Gasteiger partial charge < -0.3 is 15.2 Å². The smallest absolute Gasteiger partial charge is 0.151 e. The lowest BCUT2D eigenvalue weighted by molar-refractivity contribution is 0.525. The van der Waals surface area contributed by atoms with Crippen LogP contribution in [0.3, 0.4) is 0 Å². The number of halogens is 1. The molecule has 0 bridgehead atoms. The maximum absolute atomic E-state index is 14.5. The third-order valence-corrected chi connectivity index (χ3v) is 6.03. The molecule has 7 nitrogen and oxygen atoms in total. The summed E-state index contributed by atoms with van der Waals surface area (Å²) in [5.41, 5.74) is 10.9. The summed E-state index contributed by atoms with van der Waals surface area (Å²) in [7, 11) is 1.87. The van der Waals surface area contributed by atoms with Crippen molar-refractivity contribution in [2.45, 2.75) is 18.9 Å². The number of rotatable bonds is 3. The quantitative estimate of drug-likeness (QED) is 0.536. The van der Waals surface area contributed by atoms with Gasteiger partial charge in [0.2, 0.25) is 0 Å². The molecule has 8 heteroatoms. The van der Waals surface area contributed by atoms with Crippen LogP contribution in [0.5, 0.6) is 0 Å². The summed E-state index contributed by atoms with van der Waals surface area (Å²) in [5, 5.41) is 9.33. The number of nitrogens with zero attached hydrogens (tertiary/aromatic N) is 6. The molecule has 1 saturated heterocycles. The molecule has 5 rings (SSSR count). The van der Waals surface area contributed by atoms with Crippen LogP contribution in [-0.4, -0.2) is 38.1 Å². The summed E-state index contributed by atoms with van der Waals surface area (Å²) in [6.07, 6.45) is 6.00. The largest absolute Gasteiger partial charge is 0.368 e. The summed E-state index contributed by atoms with van der Waals surface area (Å²) < 4.78 is 16.4. The SMILES string of the molecule is Cn1c(-c2cncc(-c3ccnc(C#N)c3)c2N2CC[C@](C)(N)C2)nc2c(F)cccc21. The van der Waals surface area contributed by atoms with Crippen LogP contribution in [0.15, 0.2) is 48.9 Å². The third kappa shape index (κ3) is 3.27. The molecule has 0 amide bonds. The lowest BCUT2D eigenvalue weighted by Crippen LogP contribution is -2.39. The Kier molecular flexibility index (Phi) is 4.64. The molecule has 160 valence electrons. The fourth-order valence-corrected chi connectivity index (χ4v) is 4.43. The number of nitriles is 1.